The van der Waals surface area contributed by atoms with Gasteiger partial charge in [0.05, 0.1) is 6.42 Å². The highest BCUT2D eigenvalue weighted by molar-refractivity contribution is 6.31. The summed E-state index contributed by atoms with van der Waals surface area (Å²) < 4.78 is 5.80. The third-order valence-corrected chi connectivity index (χ3v) is 4.95. The zero-order valence-electron chi connectivity index (χ0n) is 14.5. The molecule has 3 aromatic rings. The number of hydrogen-bond acceptors (Lipinski definition) is 5. The number of aryl methyl sites for hydroxylation is 1. The highest BCUT2D eigenvalue weighted by Gasteiger charge is 2.24. The summed E-state index contributed by atoms with van der Waals surface area (Å²) >= 11 is 6.15. The van der Waals surface area contributed by atoms with Gasteiger partial charge in [0.2, 0.25) is 11.6 Å². The molecule has 0 spiro atoms. The van der Waals surface area contributed by atoms with Crippen molar-refractivity contribution >= 4 is 34.8 Å². The molecule has 0 N–H and O–H groups in total. The molecule has 6 nitrogen and oxygen atoms in total. The van der Waals surface area contributed by atoms with Gasteiger partial charge in [-0.05, 0) is 30.7 Å². The van der Waals surface area contributed by atoms with Crippen molar-refractivity contribution in [2.45, 2.75) is 13.3 Å². The minimum atomic E-state index is 0.0904. The van der Waals surface area contributed by atoms with Crippen molar-refractivity contribution in [3.8, 4) is 0 Å². The van der Waals surface area contributed by atoms with Gasteiger partial charge in [-0.25, -0.2) is 4.98 Å². The Bertz CT molecular complexity index is 948. The van der Waals surface area contributed by atoms with Crippen LogP contribution in [0.5, 0.6) is 0 Å². The number of fused-ring (bicyclic) bond motifs is 1. The lowest BCUT2D eigenvalue weighted by molar-refractivity contribution is -0.130. The molecule has 1 aliphatic heterocycles. The van der Waals surface area contributed by atoms with Crippen LogP contribution in [0.4, 0.5) is 6.01 Å². The number of anilines is 1. The topological polar surface area (TPSA) is 62.5 Å². The number of halogens is 1. The van der Waals surface area contributed by atoms with E-state index < -0.39 is 0 Å². The molecule has 1 fully saturated rings. The van der Waals surface area contributed by atoms with E-state index in [1.54, 1.807) is 0 Å². The maximum Gasteiger partial charge on any atom is 0.300 e. The van der Waals surface area contributed by atoms with Gasteiger partial charge in [-0.15, -0.1) is 0 Å². The quantitative estimate of drug-likeness (QED) is 0.709. The zero-order chi connectivity index (χ0) is 18.1. The number of benzene rings is 1. The van der Waals surface area contributed by atoms with Gasteiger partial charge < -0.3 is 14.2 Å². The number of rotatable bonds is 3. The van der Waals surface area contributed by atoms with Gasteiger partial charge >= 0.3 is 0 Å². The molecular formula is C19H19ClN4O2. The van der Waals surface area contributed by atoms with E-state index in [2.05, 4.69) is 14.9 Å². The van der Waals surface area contributed by atoms with Crippen molar-refractivity contribution in [3.63, 3.8) is 0 Å². The molecule has 0 saturated carbocycles. The molecule has 4 rings (SSSR count). The van der Waals surface area contributed by atoms with E-state index in [9.17, 15) is 4.79 Å². The molecule has 0 bridgehead atoms. The smallest absolute Gasteiger partial charge is 0.300 e. The Balaban J connectivity index is 1.40. The van der Waals surface area contributed by atoms with Crippen molar-refractivity contribution in [2.75, 3.05) is 31.1 Å². The number of amides is 1. The van der Waals surface area contributed by atoms with Gasteiger partial charge in [-0.3, -0.25) is 4.79 Å². The third kappa shape index (κ3) is 3.37. The largest absolute Gasteiger partial charge is 0.422 e. The van der Waals surface area contributed by atoms with Crippen LogP contribution in [0.15, 0.2) is 40.8 Å². The molecular weight excluding hydrogens is 352 g/mol. The Morgan fingerprint density at radius 2 is 1.88 bits per heavy atom. The lowest BCUT2D eigenvalue weighted by Crippen LogP contribution is -2.49. The van der Waals surface area contributed by atoms with Crippen LogP contribution < -0.4 is 4.90 Å². The van der Waals surface area contributed by atoms with E-state index in [0.29, 0.717) is 54.9 Å². The van der Waals surface area contributed by atoms with E-state index >= 15 is 0 Å². The van der Waals surface area contributed by atoms with Gasteiger partial charge in [0.1, 0.15) is 0 Å². The summed E-state index contributed by atoms with van der Waals surface area (Å²) in [6.07, 6.45) is 0.325. The Labute approximate surface area is 156 Å². The van der Waals surface area contributed by atoms with Crippen LogP contribution in [-0.4, -0.2) is 47.0 Å². The number of carbonyl (C=O) groups excluding carboxylic acids is 1. The number of pyridine rings is 1. The van der Waals surface area contributed by atoms with E-state index in [1.807, 2.05) is 48.2 Å². The number of oxazole rings is 1. The van der Waals surface area contributed by atoms with Gasteiger partial charge in [0, 0.05) is 36.9 Å². The second-order valence-electron chi connectivity index (χ2n) is 6.41. The zero-order valence-corrected chi connectivity index (χ0v) is 15.2. The lowest BCUT2D eigenvalue weighted by atomic mass is 10.1. The van der Waals surface area contributed by atoms with E-state index in [1.165, 1.54) is 0 Å². The molecule has 0 radical (unpaired) electrons. The molecule has 0 unspecified atom stereocenters. The van der Waals surface area contributed by atoms with Crippen LogP contribution in [0.25, 0.3) is 11.2 Å². The summed E-state index contributed by atoms with van der Waals surface area (Å²) in [5.74, 6) is 0.0904. The standard InChI is InChI=1S/C19H19ClN4O2/c1-13-6-7-16-18(21-13)22-19(26-16)24-10-8-23(9-11-24)17(25)12-14-4-2-3-5-15(14)20/h2-7H,8-12H2,1H3. The van der Waals surface area contributed by atoms with Gasteiger partial charge in [-0.1, -0.05) is 29.8 Å². The number of aromatic nitrogens is 2. The Hall–Kier alpha value is -2.60. The minimum absolute atomic E-state index is 0.0904. The van der Waals surface area contributed by atoms with Crippen molar-refractivity contribution in [2.24, 2.45) is 0 Å². The lowest BCUT2D eigenvalue weighted by Gasteiger charge is -2.33. The molecule has 1 saturated heterocycles. The first-order chi connectivity index (χ1) is 12.6. The second kappa shape index (κ2) is 6.96. The first-order valence-electron chi connectivity index (χ1n) is 8.60. The summed E-state index contributed by atoms with van der Waals surface area (Å²) in [5, 5.41) is 0.633. The van der Waals surface area contributed by atoms with Gasteiger partial charge in [-0.2, -0.15) is 4.98 Å². The first-order valence-corrected chi connectivity index (χ1v) is 8.98. The maximum absolute atomic E-state index is 12.5. The summed E-state index contributed by atoms with van der Waals surface area (Å²) in [6.45, 7) is 4.56. The monoisotopic (exact) mass is 370 g/mol. The summed E-state index contributed by atoms with van der Waals surface area (Å²) in [7, 11) is 0. The maximum atomic E-state index is 12.5. The van der Waals surface area contributed by atoms with Crippen LogP contribution >= 0.6 is 11.6 Å². The fraction of sp³-hybridized carbons (Fsp3) is 0.316. The van der Waals surface area contributed by atoms with Crippen LogP contribution in [0, 0.1) is 6.92 Å². The van der Waals surface area contributed by atoms with Crippen molar-refractivity contribution < 1.29 is 9.21 Å². The predicted molar refractivity (Wildman–Crippen MR) is 100 cm³/mol. The normalized spacial score (nSPS) is 14.8. The summed E-state index contributed by atoms with van der Waals surface area (Å²) in [5.41, 5.74) is 3.08. The molecule has 2 aromatic heterocycles. The second-order valence-corrected chi connectivity index (χ2v) is 6.81. The highest BCUT2D eigenvalue weighted by atomic mass is 35.5. The third-order valence-electron chi connectivity index (χ3n) is 4.58. The molecule has 134 valence electrons. The van der Waals surface area contributed by atoms with E-state index in [4.69, 9.17) is 16.0 Å². The fourth-order valence-electron chi connectivity index (χ4n) is 3.10. The predicted octanol–water partition coefficient (Wildman–Crippen LogP) is 3.08. The number of nitrogens with zero attached hydrogens (tertiary/aromatic N) is 4. The van der Waals surface area contributed by atoms with Gasteiger partial charge in [0.25, 0.3) is 6.01 Å². The minimum Gasteiger partial charge on any atom is -0.422 e. The molecule has 1 amide bonds. The van der Waals surface area contributed by atoms with Crippen LogP contribution in [0.2, 0.25) is 5.02 Å². The molecule has 0 aliphatic carbocycles. The molecule has 7 heteroatoms. The fourth-order valence-corrected chi connectivity index (χ4v) is 3.30. The molecule has 1 aliphatic rings. The molecule has 3 heterocycles. The number of hydrogen-bond donors (Lipinski definition) is 0. The van der Waals surface area contributed by atoms with Gasteiger partial charge in [0.15, 0.2) is 5.58 Å². The van der Waals surface area contributed by atoms with E-state index in [0.717, 1.165) is 11.3 Å². The Morgan fingerprint density at radius 1 is 1.12 bits per heavy atom. The average molecular weight is 371 g/mol. The molecule has 1 aromatic carbocycles. The van der Waals surface area contributed by atoms with Crippen LogP contribution in [-0.2, 0) is 11.2 Å². The summed E-state index contributed by atoms with van der Waals surface area (Å²) in [6, 6.07) is 11.8. The molecule has 0 atom stereocenters. The Morgan fingerprint density at radius 3 is 2.65 bits per heavy atom. The average Bonchev–Trinajstić information content (AvgIpc) is 3.07. The first kappa shape index (κ1) is 16.8. The van der Waals surface area contributed by atoms with E-state index in [-0.39, 0.29) is 5.91 Å². The molecule has 26 heavy (non-hydrogen) atoms. The highest BCUT2D eigenvalue weighted by Crippen LogP contribution is 2.22. The SMILES string of the molecule is Cc1ccc2oc(N3CCN(C(=O)Cc4ccccc4Cl)CC3)nc2n1. The van der Waals surface area contributed by atoms with Crippen molar-refractivity contribution in [3.05, 3.63) is 52.7 Å². The van der Waals surface area contributed by atoms with Crippen LogP contribution in [0.1, 0.15) is 11.3 Å². The number of carbonyl (C=O) groups is 1. The number of piperazine rings is 1. The Kier molecular flexibility index (Phi) is 4.51. The van der Waals surface area contributed by atoms with Crippen molar-refractivity contribution in [1.29, 1.82) is 0 Å². The van der Waals surface area contributed by atoms with Crippen molar-refractivity contribution in [1.82, 2.24) is 14.9 Å². The summed E-state index contributed by atoms with van der Waals surface area (Å²) in [4.78, 5) is 25.3. The van der Waals surface area contributed by atoms with Crippen LogP contribution in [0.3, 0.4) is 0 Å².